The predicted molar refractivity (Wildman–Crippen MR) is 71.4 cm³/mol. The zero-order valence-corrected chi connectivity index (χ0v) is 11.0. The first-order valence-corrected chi connectivity index (χ1v) is 6.19. The number of aryl methyl sites for hydroxylation is 3. The average molecular weight is 242 g/mol. The highest BCUT2D eigenvalue weighted by Crippen LogP contribution is 2.25. The summed E-state index contributed by atoms with van der Waals surface area (Å²) in [5, 5.41) is 18.7. The van der Waals surface area contributed by atoms with Gasteiger partial charge in [-0.25, -0.2) is 0 Å². The molecule has 0 aliphatic carbocycles. The molecule has 1 unspecified atom stereocenters. The highest BCUT2D eigenvalue weighted by molar-refractivity contribution is 5.34. The van der Waals surface area contributed by atoms with Crippen LogP contribution in [-0.2, 0) is 6.42 Å². The van der Waals surface area contributed by atoms with Crippen LogP contribution < -0.4 is 0 Å². The predicted octanol–water partition coefficient (Wildman–Crippen LogP) is 2.74. The van der Waals surface area contributed by atoms with Crippen LogP contribution in [0.3, 0.4) is 0 Å². The molecule has 0 bridgehead atoms. The molecule has 0 amide bonds. The standard InChI is InChI=1S/C15H18N2O/c1-4-14-13(9-11(3)16-17-14)15(18)12-7-5-6-10(2)8-12/h5-9,15,18H,4H2,1-3H3. The molecule has 0 saturated carbocycles. The molecule has 18 heavy (non-hydrogen) atoms. The minimum Gasteiger partial charge on any atom is -0.384 e. The molecule has 1 aromatic heterocycles. The van der Waals surface area contributed by atoms with Gasteiger partial charge in [0.25, 0.3) is 0 Å². The highest BCUT2D eigenvalue weighted by atomic mass is 16.3. The van der Waals surface area contributed by atoms with E-state index in [1.807, 2.05) is 51.1 Å². The average Bonchev–Trinajstić information content (AvgIpc) is 2.38. The van der Waals surface area contributed by atoms with Crippen LogP contribution in [0.25, 0.3) is 0 Å². The molecule has 0 spiro atoms. The molecule has 1 heterocycles. The fourth-order valence-corrected chi connectivity index (χ4v) is 2.07. The molecular weight excluding hydrogens is 224 g/mol. The van der Waals surface area contributed by atoms with Crippen LogP contribution in [0.2, 0.25) is 0 Å². The van der Waals surface area contributed by atoms with Crippen molar-refractivity contribution >= 4 is 0 Å². The topological polar surface area (TPSA) is 46.0 Å². The van der Waals surface area contributed by atoms with Gasteiger partial charge in [0.15, 0.2) is 0 Å². The summed E-state index contributed by atoms with van der Waals surface area (Å²) in [7, 11) is 0. The van der Waals surface area contributed by atoms with Crippen molar-refractivity contribution in [2.24, 2.45) is 0 Å². The Kier molecular flexibility index (Phi) is 3.72. The Balaban J connectivity index is 2.44. The van der Waals surface area contributed by atoms with Gasteiger partial charge in [0, 0.05) is 5.56 Å². The SMILES string of the molecule is CCc1nnc(C)cc1C(O)c1cccc(C)c1. The fourth-order valence-electron chi connectivity index (χ4n) is 2.07. The first-order valence-electron chi connectivity index (χ1n) is 6.19. The van der Waals surface area contributed by atoms with E-state index in [2.05, 4.69) is 10.2 Å². The second-order valence-electron chi connectivity index (χ2n) is 4.56. The lowest BCUT2D eigenvalue weighted by Crippen LogP contribution is -2.07. The lowest BCUT2D eigenvalue weighted by molar-refractivity contribution is 0.218. The Hall–Kier alpha value is -1.74. The van der Waals surface area contributed by atoms with Crippen LogP contribution in [0.5, 0.6) is 0 Å². The molecule has 0 aliphatic rings. The second kappa shape index (κ2) is 5.27. The molecule has 2 aromatic rings. The van der Waals surface area contributed by atoms with Crippen LogP contribution in [0, 0.1) is 13.8 Å². The smallest absolute Gasteiger partial charge is 0.106 e. The Morgan fingerprint density at radius 2 is 1.94 bits per heavy atom. The van der Waals surface area contributed by atoms with Crippen LogP contribution in [0.4, 0.5) is 0 Å². The Bertz CT molecular complexity index is 552. The fraction of sp³-hybridized carbons (Fsp3) is 0.333. The summed E-state index contributed by atoms with van der Waals surface area (Å²) < 4.78 is 0. The molecule has 1 atom stereocenters. The van der Waals surface area contributed by atoms with E-state index in [4.69, 9.17) is 0 Å². The Morgan fingerprint density at radius 3 is 2.61 bits per heavy atom. The van der Waals surface area contributed by atoms with Gasteiger partial charge in [-0.05, 0) is 31.9 Å². The summed E-state index contributed by atoms with van der Waals surface area (Å²) in [4.78, 5) is 0. The summed E-state index contributed by atoms with van der Waals surface area (Å²) in [6.45, 7) is 5.93. The number of hydrogen-bond acceptors (Lipinski definition) is 3. The molecule has 2 rings (SSSR count). The summed E-state index contributed by atoms with van der Waals surface area (Å²) >= 11 is 0. The van der Waals surface area contributed by atoms with Crippen LogP contribution in [0.1, 0.15) is 41.1 Å². The van der Waals surface area contributed by atoms with E-state index >= 15 is 0 Å². The second-order valence-corrected chi connectivity index (χ2v) is 4.56. The van der Waals surface area contributed by atoms with Crippen molar-refractivity contribution in [3.05, 3.63) is 58.4 Å². The molecule has 1 N–H and O–H groups in total. The first-order chi connectivity index (χ1) is 8.61. The largest absolute Gasteiger partial charge is 0.384 e. The van der Waals surface area contributed by atoms with Crippen LogP contribution in [-0.4, -0.2) is 15.3 Å². The van der Waals surface area contributed by atoms with Gasteiger partial charge < -0.3 is 5.11 Å². The van der Waals surface area contributed by atoms with Gasteiger partial charge in [0.2, 0.25) is 0 Å². The molecule has 1 aromatic carbocycles. The third-order valence-corrected chi connectivity index (χ3v) is 3.01. The van der Waals surface area contributed by atoms with Crippen molar-refractivity contribution in [2.45, 2.75) is 33.3 Å². The number of benzene rings is 1. The van der Waals surface area contributed by atoms with Crippen molar-refractivity contribution in [2.75, 3.05) is 0 Å². The van der Waals surface area contributed by atoms with Crippen molar-refractivity contribution in [1.29, 1.82) is 0 Å². The maximum atomic E-state index is 10.5. The molecule has 3 nitrogen and oxygen atoms in total. The van der Waals surface area contributed by atoms with E-state index in [0.717, 1.165) is 34.5 Å². The van der Waals surface area contributed by atoms with E-state index < -0.39 is 6.10 Å². The summed E-state index contributed by atoms with van der Waals surface area (Å²) in [6.07, 6.45) is 0.139. The molecule has 3 heteroatoms. The zero-order chi connectivity index (χ0) is 13.1. The van der Waals surface area contributed by atoms with E-state index in [9.17, 15) is 5.11 Å². The molecule has 0 saturated heterocycles. The number of aromatic nitrogens is 2. The molecule has 0 radical (unpaired) electrons. The maximum Gasteiger partial charge on any atom is 0.106 e. The van der Waals surface area contributed by atoms with E-state index in [0.29, 0.717) is 0 Å². The molecule has 0 aliphatic heterocycles. The third-order valence-electron chi connectivity index (χ3n) is 3.01. The lowest BCUT2D eigenvalue weighted by Gasteiger charge is -2.15. The van der Waals surface area contributed by atoms with Crippen molar-refractivity contribution in [1.82, 2.24) is 10.2 Å². The van der Waals surface area contributed by atoms with Crippen molar-refractivity contribution < 1.29 is 5.11 Å². The quantitative estimate of drug-likeness (QED) is 0.900. The lowest BCUT2D eigenvalue weighted by atomic mass is 9.98. The summed E-state index contributed by atoms with van der Waals surface area (Å²) in [5.41, 5.74) is 4.58. The Morgan fingerprint density at radius 1 is 1.17 bits per heavy atom. The number of aliphatic hydroxyl groups is 1. The molecular formula is C15H18N2O. The molecule has 94 valence electrons. The van der Waals surface area contributed by atoms with Crippen LogP contribution in [0.15, 0.2) is 30.3 Å². The van der Waals surface area contributed by atoms with E-state index in [1.165, 1.54) is 0 Å². The summed E-state index contributed by atoms with van der Waals surface area (Å²) in [5.74, 6) is 0. The highest BCUT2D eigenvalue weighted by Gasteiger charge is 2.15. The minimum absolute atomic E-state index is 0.631. The molecule has 0 fully saturated rings. The number of aliphatic hydroxyl groups excluding tert-OH is 1. The number of rotatable bonds is 3. The monoisotopic (exact) mass is 242 g/mol. The van der Waals surface area contributed by atoms with Gasteiger partial charge in [0.05, 0.1) is 11.4 Å². The normalized spacial score (nSPS) is 12.4. The zero-order valence-electron chi connectivity index (χ0n) is 11.0. The van der Waals surface area contributed by atoms with Crippen molar-refractivity contribution in [3.63, 3.8) is 0 Å². The van der Waals surface area contributed by atoms with Gasteiger partial charge in [-0.3, -0.25) is 0 Å². The number of hydrogen-bond donors (Lipinski definition) is 1. The number of nitrogens with zero attached hydrogens (tertiary/aromatic N) is 2. The van der Waals surface area contributed by atoms with Gasteiger partial charge in [-0.15, -0.1) is 0 Å². The summed E-state index contributed by atoms with van der Waals surface area (Å²) in [6, 6.07) is 9.83. The van der Waals surface area contributed by atoms with Gasteiger partial charge in [-0.1, -0.05) is 36.8 Å². The van der Waals surface area contributed by atoms with E-state index in [-0.39, 0.29) is 0 Å². The first kappa shape index (κ1) is 12.7. The Labute approximate surface area is 108 Å². The minimum atomic E-state index is -0.631. The van der Waals surface area contributed by atoms with Crippen molar-refractivity contribution in [3.8, 4) is 0 Å². The van der Waals surface area contributed by atoms with Crippen LogP contribution >= 0.6 is 0 Å². The van der Waals surface area contributed by atoms with Gasteiger partial charge in [0.1, 0.15) is 6.10 Å². The maximum absolute atomic E-state index is 10.5. The third kappa shape index (κ3) is 2.57. The van der Waals surface area contributed by atoms with Gasteiger partial charge in [-0.2, -0.15) is 10.2 Å². The van der Waals surface area contributed by atoms with E-state index in [1.54, 1.807) is 0 Å². The van der Waals surface area contributed by atoms with Gasteiger partial charge >= 0.3 is 0 Å².